The number of Topliss-reactive ketones (excluding diaryl/α,β-unsaturated/α-hetero) is 2. The molecular weight excluding hydrogens is 392 g/mol. The van der Waals surface area contributed by atoms with E-state index in [1.807, 2.05) is 24.4 Å². The van der Waals surface area contributed by atoms with E-state index in [0.29, 0.717) is 19.4 Å². The summed E-state index contributed by atoms with van der Waals surface area (Å²) < 4.78 is 0. The Bertz CT molecular complexity index is 694. The second-order valence-corrected chi connectivity index (χ2v) is 8.62. The van der Waals surface area contributed by atoms with Gasteiger partial charge in [0.05, 0.1) is 6.54 Å². The summed E-state index contributed by atoms with van der Waals surface area (Å²) in [5, 5.41) is 6.01. The number of rotatable bonds is 6. The van der Waals surface area contributed by atoms with Gasteiger partial charge in [0.2, 0.25) is 0 Å². The molecule has 1 N–H and O–H groups in total. The topological polar surface area (TPSA) is 65.0 Å². The Kier molecular flexibility index (Phi) is 7.70. The minimum Gasteiger partial charge on any atom is -0.363 e. The van der Waals surface area contributed by atoms with Crippen molar-refractivity contribution in [2.75, 3.05) is 45.8 Å². The minimum atomic E-state index is -0.648. The molecule has 152 valence electrons. The lowest BCUT2D eigenvalue weighted by Crippen LogP contribution is -2.52. The Morgan fingerprint density at radius 2 is 2.00 bits per heavy atom. The van der Waals surface area contributed by atoms with E-state index in [1.165, 1.54) is 0 Å². The third-order valence-electron chi connectivity index (χ3n) is 5.32. The standard InChI is InChI=1S/C20H28N4O2S2/c1-2-22-20(27)24-9-7-23(8-10-24)6-5-21-14-16-17(25)12-15(13-18(16)26)19-4-3-11-28-19/h3-4,11,14-16H,2,5-10,12-13H2,1H3,(H,22,27). The zero-order valence-corrected chi connectivity index (χ0v) is 17.9. The van der Waals surface area contributed by atoms with Crippen LogP contribution in [0.25, 0.3) is 0 Å². The Morgan fingerprint density at radius 1 is 1.29 bits per heavy atom. The largest absolute Gasteiger partial charge is 0.363 e. The van der Waals surface area contributed by atoms with Crippen LogP contribution in [0.5, 0.6) is 0 Å². The number of piperazine rings is 1. The van der Waals surface area contributed by atoms with Crippen molar-refractivity contribution in [3.8, 4) is 0 Å². The maximum atomic E-state index is 12.4. The van der Waals surface area contributed by atoms with Crippen LogP contribution < -0.4 is 5.32 Å². The molecule has 0 aromatic carbocycles. The molecule has 0 atom stereocenters. The maximum absolute atomic E-state index is 12.4. The SMILES string of the molecule is CCNC(=S)N1CCN(CCN=CC2C(=O)CC(c3cccs3)CC2=O)CC1. The molecule has 1 saturated carbocycles. The summed E-state index contributed by atoms with van der Waals surface area (Å²) in [6.45, 7) is 8.08. The van der Waals surface area contributed by atoms with Gasteiger partial charge >= 0.3 is 0 Å². The minimum absolute atomic E-state index is 0.00366. The quantitative estimate of drug-likeness (QED) is 0.431. The molecule has 0 unspecified atom stereocenters. The van der Waals surface area contributed by atoms with E-state index in [0.717, 1.165) is 49.3 Å². The molecule has 1 aliphatic carbocycles. The van der Waals surface area contributed by atoms with Crippen LogP contribution in [0.15, 0.2) is 22.5 Å². The van der Waals surface area contributed by atoms with Crippen molar-refractivity contribution in [2.45, 2.75) is 25.7 Å². The molecule has 0 bridgehead atoms. The third kappa shape index (κ3) is 5.46. The van der Waals surface area contributed by atoms with Gasteiger partial charge in [-0.2, -0.15) is 0 Å². The van der Waals surface area contributed by atoms with Crippen LogP contribution in [0.3, 0.4) is 0 Å². The van der Waals surface area contributed by atoms with E-state index in [2.05, 4.69) is 20.1 Å². The van der Waals surface area contributed by atoms with E-state index < -0.39 is 5.92 Å². The Hall–Kier alpha value is -1.64. The number of nitrogens with zero attached hydrogens (tertiary/aromatic N) is 3. The summed E-state index contributed by atoms with van der Waals surface area (Å²) >= 11 is 6.97. The summed E-state index contributed by atoms with van der Waals surface area (Å²) in [4.78, 5) is 34.9. The van der Waals surface area contributed by atoms with Crippen LogP contribution >= 0.6 is 23.6 Å². The molecule has 0 radical (unpaired) electrons. The number of thiocarbonyl (C=S) groups is 1. The first-order valence-electron chi connectivity index (χ1n) is 9.92. The fraction of sp³-hybridized carbons (Fsp3) is 0.600. The summed E-state index contributed by atoms with van der Waals surface area (Å²) in [5.41, 5.74) is 0. The number of ketones is 2. The van der Waals surface area contributed by atoms with Crippen LogP contribution in [0, 0.1) is 5.92 Å². The van der Waals surface area contributed by atoms with Gasteiger partial charge in [-0.05, 0) is 30.6 Å². The normalized spacial score (nSPS) is 24.1. The molecule has 1 aromatic rings. The molecule has 0 amide bonds. The molecule has 1 saturated heterocycles. The zero-order chi connectivity index (χ0) is 19.9. The van der Waals surface area contributed by atoms with Crippen molar-refractivity contribution in [2.24, 2.45) is 10.9 Å². The van der Waals surface area contributed by atoms with Gasteiger partial charge in [-0.25, -0.2) is 0 Å². The van der Waals surface area contributed by atoms with Gasteiger partial charge in [0.1, 0.15) is 17.5 Å². The van der Waals surface area contributed by atoms with E-state index in [-0.39, 0.29) is 17.5 Å². The number of aliphatic imine (C=N–C) groups is 1. The Balaban J connectivity index is 1.40. The van der Waals surface area contributed by atoms with Crippen LogP contribution in [0.2, 0.25) is 0 Å². The van der Waals surface area contributed by atoms with Gasteiger partial charge in [0.15, 0.2) is 5.11 Å². The molecule has 0 spiro atoms. The summed E-state index contributed by atoms with van der Waals surface area (Å²) in [7, 11) is 0. The van der Waals surface area contributed by atoms with E-state index >= 15 is 0 Å². The molecule has 2 heterocycles. The van der Waals surface area contributed by atoms with Gasteiger partial charge in [0, 0.05) is 69.1 Å². The zero-order valence-electron chi connectivity index (χ0n) is 16.3. The molecule has 28 heavy (non-hydrogen) atoms. The molecule has 1 aliphatic heterocycles. The number of hydrogen-bond donors (Lipinski definition) is 1. The van der Waals surface area contributed by atoms with E-state index in [9.17, 15) is 9.59 Å². The van der Waals surface area contributed by atoms with Crippen molar-refractivity contribution in [3.63, 3.8) is 0 Å². The number of thiophene rings is 1. The second kappa shape index (κ2) is 10.2. The second-order valence-electron chi connectivity index (χ2n) is 7.25. The van der Waals surface area contributed by atoms with Crippen molar-refractivity contribution < 1.29 is 9.59 Å². The number of hydrogen-bond acceptors (Lipinski definition) is 6. The van der Waals surface area contributed by atoms with Gasteiger partial charge in [0.25, 0.3) is 0 Å². The summed E-state index contributed by atoms with van der Waals surface area (Å²) in [5.74, 6) is -0.590. The van der Waals surface area contributed by atoms with Gasteiger partial charge in [-0.3, -0.25) is 19.5 Å². The average Bonchev–Trinajstić information content (AvgIpc) is 3.22. The highest BCUT2D eigenvalue weighted by Crippen LogP contribution is 2.33. The Morgan fingerprint density at radius 3 is 2.61 bits per heavy atom. The third-order valence-corrected chi connectivity index (χ3v) is 6.76. The summed E-state index contributed by atoms with van der Waals surface area (Å²) in [6.07, 6.45) is 2.47. The Labute approximate surface area is 176 Å². The van der Waals surface area contributed by atoms with Crippen molar-refractivity contribution in [1.82, 2.24) is 15.1 Å². The fourth-order valence-corrected chi connectivity index (χ4v) is 4.86. The van der Waals surface area contributed by atoms with Crippen molar-refractivity contribution in [1.29, 1.82) is 0 Å². The lowest BCUT2D eigenvalue weighted by molar-refractivity contribution is -0.132. The molecule has 2 aliphatic rings. The first kappa shape index (κ1) is 21.1. The van der Waals surface area contributed by atoms with Crippen LogP contribution in [0.1, 0.15) is 30.6 Å². The lowest BCUT2D eigenvalue weighted by Gasteiger charge is -2.35. The summed E-state index contributed by atoms with van der Waals surface area (Å²) in [6, 6.07) is 3.98. The predicted molar refractivity (Wildman–Crippen MR) is 117 cm³/mol. The van der Waals surface area contributed by atoms with Crippen LogP contribution in [-0.4, -0.2) is 78.5 Å². The average molecular weight is 421 g/mol. The van der Waals surface area contributed by atoms with Gasteiger partial charge < -0.3 is 10.2 Å². The van der Waals surface area contributed by atoms with E-state index in [4.69, 9.17) is 12.2 Å². The van der Waals surface area contributed by atoms with Crippen LogP contribution in [0.4, 0.5) is 0 Å². The monoisotopic (exact) mass is 420 g/mol. The smallest absolute Gasteiger partial charge is 0.169 e. The number of carbonyl (C=O) groups is 2. The van der Waals surface area contributed by atoms with Crippen molar-refractivity contribution in [3.05, 3.63) is 22.4 Å². The highest BCUT2D eigenvalue weighted by Gasteiger charge is 2.35. The molecule has 3 rings (SSSR count). The highest BCUT2D eigenvalue weighted by molar-refractivity contribution is 7.80. The maximum Gasteiger partial charge on any atom is 0.169 e. The van der Waals surface area contributed by atoms with E-state index in [1.54, 1.807) is 17.6 Å². The molecule has 2 fully saturated rings. The first-order valence-corrected chi connectivity index (χ1v) is 11.2. The van der Waals surface area contributed by atoms with Crippen molar-refractivity contribution >= 4 is 46.4 Å². The lowest BCUT2D eigenvalue weighted by atomic mass is 9.80. The van der Waals surface area contributed by atoms with Gasteiger partial charge in [-0.15, -0.1) is 11.3 Å². The highest BCUT2D eigenvalue weighted by atomic mass is 32.1. The number of nitrogens with one attached hydrogen (secondary N) is 1. The number of carbonyl (C=O) groups excluding carboxylic acids is 2. The van der Waals surface area contributed by atoms with Gasteiger partial charge in [-0.1, -0.05) is 6.07 Å². The molecule has 6 nitrogen and oxygen atoms in total. The molecular formula is C20H28N4O2S2. The molecule has 1 aromatic heterocycles. The predicted octanol–water partition coefficient (Wildman–Crippen LogP) is 1.96. The van der Waals surface area contributed by atoms with Crippen LogP contribution in [-0.2, 0) is 9.59 Å². The first-order chi connectivity index (χ1) is 13.6. The fourth-order valence-electron chi connectivity index (χ4n) is 3.70. The molecule has 8 heteroatoms.